The summed E-state index contributed by atoms with van der Waals surface area (Å²) in [5, 5.41) is 8.30. The first-order chi connectivity index (χ1) is 17.3. The molecule has 0 saturated heterocycles. The fourth-order valence-electron chi connectivity index (χ4n) is 4.50. The van der Waals surface area contributed by atoms with Crippen LogP contribution in [0.1, 0.15) is 30.2 Å². The third-order valence-corrected chi connectivity index (χ3v) is 6.28. The summed E-state index contributed by atoms with van der Waals surface area (Å²) in [7, 11) is 3.07. The Bertz CT molecular complexity index is 1510. The van der Waals surface area contributed by atoms with Crippen molar-refractivity contribution in [3.63, 3.8) is 0 Å². The summed E-state index contributed by atoms with van der Waals surface area (Å²) in [6, 6.07) is 11.2. The van der Waals surface area contributed by atoms with Gasteiger partial charge in [0.05, 0.1) is 31.3 Å². The molecular formula is C27H29FN4O4. The van der Waals surface area contributed by atoms with Crippen LogP contribution in [-0.2, 0) is 17.8 Å². The molecule has 2 aromatic heterocycles. The molecule has 1 amide bonds. The van der Waals surface area contributed by atoms with E-state index in [1.165, 1.54) is 19.2 Å². The molecule has 0 aliphatic rings. The Balaban J connectivity index is 1.68. The topological polar surface area (TPSA) is 87.4 Å². The van der Waals surface area contributed by atoms with Crippen LogP contribution in [0.25, 0.3) is 16.7 Å². The van der Waals surface area contributed by atoms with E-state index in [0.29, 0.717) is 40.6 Å². The van der Waals surface area contributed by atoms with Crippen LogP contribution in [-0.4, -0.2) is 34.5 Å². The molecule has 8 nitrogen and oxygen atoms in total. The number of ether oxygens (including phenoxy) is 2. The Hall–Kier alpha value is -4.14. The van der Waals surface area contributed by atoms with Crippen LogP contribution in [0.4, 0.5) is 10.1 Å². The van der Waals surface area contributed by atoms with Gasteiger partial charge in [-0.15, -0.1) is 0 Å². The number of carbonyl (C=O) groups is 1. The molecule has 0 atom stereocenters. The standard InChI is InChI=1S/C27H29FN4O4/c1-6-31-26-25(17(3)30-32(26)19-9-7-8-18(28)14-19)16(2)21(27(31)34)11-13-24(33)29-22-12-10-20(35-4)15-23(22)36-5/h7-10,12,14-15H,6,11,13H2,1-5H3,(H,29,33). The van der Waals surface area contributed by atoms with Gasteiger partial charge in [0.2, 0.25) is 5.91 Å². The number of fused-ring (bicyclic) bond motifs is 1. The average molecular weight is 493 g/mol. The lowest BCUT2D eigenvalue weighted by molar-refractivity contribution is -0.116. The predicted molar refractivity (Wildman–Crippen MR) is 137 cm³/mol. The molecule has 0 fully saturated rings. The molecule has 188 valence electrons. The highest BCUT2D eigenvalue weighted by Gasteiger charge is 2.21. The molecular weight excluding hydrogens is 463 g/mol. The van der Waals surface area contributed by atoms with E-state index >= 15 is 0 Å². The Morgan fingerprint density at radius 2 is 1.89 bits per heavy atom. The summed E-state index contributed by atoms with van der Waals surface area (Å²) < 4.78 is 27.7. The molecule has 0 radical (unpaired) electrons. The summed E-state index contributed by atoms with van der Waals surface area (Å²) in [6.07, 6.45) is 0.368. The Morgan fingerprint density at radius 3 is 2.56 bits per heavy atom. The zero-order valence-corrected chi connectivity index (χ0v) is 21.0. The SMILES string of the molecule is CCn1c(=O)c(CCC(=O)Nc2ccc(OC)cc2OC)c(C)c2c(C)nn(-c3cccc(F)c3)c21. The van der Waals surface area contributed by atoms with E-state index in [1.54, 1.807) is 46.7 Å². The van der Waals surface area contributed by atoms with Crippen molar-refractivity contribution in [1.29, 1.82) is 0 Å². The second kappa shape index (κ2) is 10.2. The fourth-order valence-corrected chi connectivity index (χ4v) is 4.50. The third kappa shape index (κ3) is 4.56. The number of carbonyl (C=O) groups excluding carboxylic acids is 1. The number of amides is 1. The van der Waals surface area contributed by atoms with E-state index in [1.807, 2.05) is 20.8 Å². The molecule has 0 saturated carbocycles. The second-order valence-corrected chi connectivity index (χ2v) is 8.44. The predicted octanol–water partition coefficient (Wildman–Crippen LogP) is 4.55. The second-order valence-electron chi connectivity index (χ2n) is 8.44. The number of halogens is 1. The van der Waals surface area contributed by atoms with E-state index in [9.17, 15) is 14.0 Å². The van der Waals surface area contributed by atoms with E-state index in [-0.39, 0.29) is 30.1 Å². The lowest BCUT2D eigenvalue weighted by Gasteiger charge is -2.15. The van der Waals surface area contributed by atoms with Crippen molar-refractivity contribution < 1.29 is 18.7 Å². The number of rotatable bonds is 8. The molecule has 0 aliphatic carbocycles. The maximum Gasteiger partial charge on any atom is 0.255 e. The number of aryl methyl sites for hydroxylation is 3. The van der Waals surface area contributed by atoms with Gasteiger partial charge >= 0.3 is 0 Å². The van der Waals surface area contributed by atoms with Gasteiger partial charge < -0.3 is 14.8 Å². The van der Waals surface area contributed by atoms with Gasteiger partial charge in [-0.05, 0) is 63.1 Å². The summed E-state index contributed by atoms with van der Waals surface area (Å²) >= 11 is 0. The third-order valence-electron chi connectivity index (χ3n) is 6.28. The highest BCUT2D eigenvalue weighted by molar-refractivity contribution is 5.93. The van der Waals surface area contributed by atoms with Gasteiger partial charge in [-0.25, -0.2) is 9.07 Å². The van der Waals surface area contributed by atoms with Crippen molar-refractivity contribution in [3.05, 3.63) is 75.5 Å². The highest BCUT2D eigenvalue weighted by atomic mass is 19.1. The van der Waals surface area contributed by atoms with Gasteiger partial charge in [0.1, 0.15) is 23.0 Å². The van der Waals surface area contributed by atoms with Gasteiger partial charge in [-0.3, -0.25) is 14.2 Å². The lowest BCUT2D eigenvalue weighted by Crippen LogP contribution is -2.27. The van der Waals surface area contributed by atoms with Crippen LogP contribution in [0.3, 0.4) is 0 Å². The number of hydrogen-bond acceptors (Lipinski definition) is 5. The summed E-state index contributed by atoms with van der Waals surface area (Å²) in [5.74, 6) is 0.469. The number of anilines is 1. The largest absolute Gasteiger partial charge is 0.497 e. The zero-order chi connectivity index (χ0) is 26.0. The normalized spacial score (nSPS) is 11.1. The first-order valence-corrected chi connectivity index (χ1v) is 11.7. The molecule has 0 unspecified atom stereocenters. The van der Waals surface area contributed by atoms with Gasteiger partial charge in [0.25, 0.3) is 5.56 Å². The molecule has 2 heterocycles. The van der Waals surface area contributed by atoms with Gasteiger partial charge in [0, 0.05) is 30.0 Å². The first-order valence-electron chi connectivity index (χ1n) is 11.7. The van der Waals surface area contributed by atoms with Gasteiger partial charge in [-0.1, -0.05) is 6.07 Å². The van der Waals surface area contributed by atoms with E-state index < -0.39 is 0 Å². The van der Waals surface area contributed by atoms with Crippen molar-refractivity contribution in [2.45, 2.75) is 40.2 Å². The Morgan fingerprint density at radius 1 is 1.11 bits per heavy atom. The maximum atomic E-state index is 13.9. The van der Waals surface area contributed by atoms with Crippen molar-refractivity contribution >= 4 is 22.6 Å². The molecule has 0 bridgehead atoms. The van der Waals surface area contributed by atoms with Crippen LogP contribution in [0.2, 0.25) is 0 Å². The van der Waals surface area contributed by atoms with Crippen LogP contribution in [0.15, 0.2) is 47.3 Å². The molecule has 0 spiro atoms. The minimum absolute atomic E-state index is 0.109. The number of methoxy groups -OCH3 is 2. The van der Waals surface area contributed by atoms with Crippen LogP contribution < -0.4 is 20.3 Å². The van der Waals surface area contributed by atoms with Crippen LogP contribution in [0.5, 0.6) is 11.5 Å². The Labute approximate surface area is 208 Å². The molecule has 4 aromatic rings. The average Bonchev–Trinajstić information content (AvgIpc) is 3.21. The smallest absolute Gasteiger partial charge is 0.255 e. The van der Waals surface area contributed by atoms with Crippen molar-refractivity contribution in [2.24, 2.45) is 0 Å². The minimum Gasteiger partial charge on any atom is -0.497 e. The highest BCUT2D eigenvalue weighted by Crippen LogP contribution is 2.30. The van der Waals surface area contributed by atoms with Crippen molar-refractivity contribution in [1.82, 2.24) is 14.3 Å². The van der Waals surface area contributed by atoms with Gasteiger partial charge in [-0.2, -0.15) is 5.10 Å². The van der Waals surface area contributed by atoms with E-state index in [2.05, 4.69) is 10.4 Å². The number of hydrogen-bond donors (Lipinski definition) is 1. The summed E-state index contributed by atoms with van der Waals surface area (Å²) in [6.45, 7) is 6.01. The summed E-state index contributed by atoms with van der Waals surface area (Å²) in [4.78, 5) is 26.3. The number of pyridine rings is 1. The molecule has 0 aliphatic heterocycles. The van der Waals surface area contributed by atoms with Crippen LogP contribution in [0, 0.1) is 19.7 Å². The van der Waals surface area contributed by atoms with E-state index in [4.69, 9.17) is 9.47 Å². The van der Waals surface area contributed by atoms with E-state index in [0.717, 1.165) is 16.6 Å². The molecule has 9 heteroatoms. The number of nitrogens with one attached hydrogen (secondary N) is 1. The fraction of sp³-hybridized carbons (Fsp3) is 0.296. The van der Waals surface area contributed by atoms with Crippen molar-refractivity contribution in [3.8, 4) is 17.2 Å². The molecule has 4 rings (SSSR count). The van der Waals surface area contributed by atoms with Crippen molar-refractivity contribution in [2.75, 3.05) is 19.5 Å². The molecule has 1 N–H and O–H groups in total. The zero-order valence-electron chi connectivity index (χ0n) is 21.0. The maximum absolute atomic E-state index is 13.9. The quantitative estimate of drug-likeness (QED) is 0.390. The van der Waals surface area contributed by atoms with Crippen LogP contribution >= 0.6 is 0 Å². The Kier molecular flexibility index (Phi) is 7.10. The number of aromatic nitrogens is 3. The molecule has 36 heavy (non-hydrogen) atoms. The molecule has 2 aromatic carbocycles. The monoisotopic (exact) mass is 492 g/mol. The number of benzene rings is 2. The summed E-state index contributed by atoms with van der Waals surface area (Å²) in [5.41, 5.74) is 3.54. The van der Waals surface area contributed by atoms with Gasteiger partial charge in [0.15, 0.2) is 0 Å². The number of nitrogens with zero attached hydrogens (tertiary/aromatic N) is 3. The lowest BCUT2D eigenvalue weighted by atomic mass is 10.0. The first kappa shape index (κ1) is 25.0. The minimum atomic E-state index is -0.382.